The summed E-state index contributed by atoms with van der Waals surface area (Å²) in [5, 5.41) is 9.49. The number of allylic oxidation sites excluding steroid dienone is 1. The number of nitrogens with zero attached hydrogens (tertiary/aromatic N) is 4. The summed E-state index contributed by atoms with van der Waals surface area (Å²) in [6.45, 7) is 0. The van der Waals surface area contributed by atoms with Gasteiger partial charge >= 0.3 is 0 Å². The Morgan fingerprint density at radius 2 is 2.00 bits per heavy atom. The summed E-state index contributed by atoms with van der Waals surface area (Å²) in [7, 11) is 0. The first-order valence-electron chi connectivity index (χ1n) is 6.72. The van der Waals surface area contributed by atoms with Gasteiger partial charge < -0.3 is 14.9 Å². The van der Waals surface area contributed by atoms with E-state index in [0.29, 0.717) is 17.0 Å². The van der Waals surface area contributed by atoms with Crippen molar-refractivity contribution in [2.24, 2.45) is 5.73 Å². The molecule has 6 nitrogen and oxygen atoms in total. The van der Waals surface area contributed by atoms with Crippen molar-refractivity contribution in [2.75, 3.05) is 0 Å². The van der Waals surface area contributed by atoms with E-state index >= 15 is 0 Å². The van der Waals surface area contributed by atoms with Gasteiger partial charge in [-0.3, -0.25) is 4.98 Å². The molecule has 106 valence electrons. The highest BCUT2D eigenvalue weighted by Gasteiger charge is 2.32. The van der Waals surface area contributed by atoms with Crippen molar-refractivity contribution in [1.29, 1.82) is 5.26 Å². The molecular weight excluding hydrogens is 278 g/mol. The summed E-state index contributed by atoms with van der Waals surface area (Å²) in [4.78, 5) is 8.34. The van der Waals surface area contributed by atoms with Crippen LogP contribution in [0, 0.1) is 11.3 Å². The first-order chi connectivity index (χ1) is 10.8. The Morgan fingerprint density at radius 1 is 1.18 bits per heavy atom. The molecule has 0 aliphatic carbocycles. The van der Waals surface area contributed by atoms with Gasteiger partial charge in [-0.25, -0.2) is 4.98 Å². The van der Waals surface area contributed by atoms with Crippen LogP contribution in [-0.4, -0.2) is 14.4 Å². The molecule has 6 heteroatoms. The van der Waals surface area contributed by atoms with Crippen LogP contribution in [-0.2, 0) is 0 Å². The molecule has 0 amide bonds. The van der Waals surface area contributed by atoms with Crippen molar-refractivity contribution in [3.05, 3.63) is 71.8 Å². The summed E-state index contributed by atoms with van der Waals surface area (Å²) in [6, 6.07) is 7.85. The van der Waals surface area contributed by atoms with Gasteiger partial charge in [-0.15, -0.1) is 0 Å². The van der Waals surface area contributed by atoms with Crippen LogP contribution in [0.1, 0.15) is 17.0 Å². The van der Waals surface area contributed by atoms with Crippen LogP contribution < -0.4 is 10.5 Å². The van der Waals surface area contributed by atoms with Gasteiger partial charge in [0.1, 0.15) is 11.6 Å². The van der Waals surface area contributed by atoms with Crippen molar-refractivity contribution < 1.29 is 4.74 Å². The molecule has 4 heterocycles. The van der Waals surface area contributed by atoms with Crippen LogP contribution in [0.25, 0.3) is 5.65 Å². The molecule has 1 atom stereocenters. The first kappa shape index (κ1) is 12.4. The minimum atomic E-state index is -0.279. The van der Waals surface area contributed by atoms with Gasteiger partial charge in [0.25, 0.3) is 0 Å². The molecule has 22 heavy (non-hydrogen) atoms. The minimum absolute atomic E-state index is 0.118. The third kappa shape index (κ3) is 1.66. The predicted molar refractivity (Wildman–Crippen MR) is 78.7 cm³/mol. The smallest absolute Gasteiger partial charge is 0.205 e. The molecular formula is C16H11N5O. The lowest BCUT2D eigenvalue weighted by molar-refractivity contribution is 0.395. The largest absolute Gasteiger partial charge is 0.436 e. The molecule has 0 radical (unpaired) electrons. The average Bonchev–Trinajstić information content (AvgIpc) is 3.03. The standard InChI is InChI=1S/C16H11N5O/c17-9-12-13(10-1-4-19-5-2-10)11-3-7-21-8-6-20-16(21)14(11)22-15(12)18/h1-8,13H,18H2. The van der Waals surface area contributed by atoms with E-state index in [0.717, 1.165) is 11.1 Å². The monoisotopic (exact) mass is 289 g/mol. The van der Waals surface area contributed by atoms with E-state index in [1.807, 2.05) is 35.0 Å². The summed E-state index contributed by atoms with van der Waals surface area (Å²) in [5.74, 6) is 0.428. The second-order valence-corrected chi connectivity index (χ2v) is 4.96. The molecule has 0 saturated heterocycles. The molecule has 1 unspecified atom stereocenters. The topological polar surface area (TPSA) is 89.2 Å². The van der Waals surface area contributed by atoms with E-state index in [1.165, 1.54) is 0 Å². The van der Waals surface area contributed by atoms with Crippen molar-refractivity contribution in [3.8, 4) is 11.8 Å². The first-order valence-corrected chi connectivity index (χ1v) is 6.72. The zero-order valence-corrected chi connectivity index (χ0v) is 11.5. The highest BCUT2D eigenvalue weighted by Crippen LogP contribution is 2.43. The van der Waals surface area contributed by atoms with Gasteiger partial charge in [-0.1, -0.05) is 0 Å². The SMILES string of the molecule is N#CC1=C(N)Oc2c(ccn3ccnc23)C1c1ccncc1. The Balaban J connectivity index is 2.02. The molecule has 1 aliphatic heterocycles. The maximum atomic E-state index is 9.49. The molecule has 3 aromatic rings. The van der Waals surface area contributed by atoms with Gasteiger partial charge in [0.2, 0.25) is 5.88 Å². The highest BCUT2D eigenvalue weighted by atomic mass is 16.5. The highest BCUT2D eigenvalue weighted by molar-refractivity contribution is 5.65. The van der Waals surface area contributed by atoms with Gasteiger partial charge in [-0.05, 0) is 23.8 Å². The number of nitrogens with two attached hydrogens (primary N) is 1. The second kappa shape index (κ2) is 4.60. The van der Waals surface area contributed by atoms with Crippen LogP contribution >= 0.6 is 0 Å². The van der Waals surface area contributed by atoms with E-state index in [4.69, 9.17) is 10.5 Å². The zero-order chi connectivity index (χ0) is 15.1. The number of nitriles is 1. The fourth-order valence-electron chi connectivity index (χ4n) is 2.79. The lowest BCUT2D eigenvalue weighted by atomic mass is 9.84. The van der Waals surface area contributed by atoms with E-state index in [-0.39, 0.29) is 11.8 Å². The van der Waals surface area contributed by atoms with Gasteiger partial charge in [0.15, 0.2) is 11.4 Å². The molecule has 1 aliphatic rings. The van der Waals surface area contributed by atoms with E-state index in [1.54, 1.807) is 18.6 Å². The number of ether oxygens (including phenoxy) is 1. The number of rotatable bonds is 1. The normalized spacial score (nSPS) is 17.0. The number of fused-ring (bicyclic) bond motifs is 3. The fraction of sp³-hybridized carbons (Fsp3) is 0.0625. The molecule has 2 N–H and O–H groups in total. The molecule has 0 saturated carbocycles. The van der Waals surface area contributed by atoms with Crippen LogP contribution in [0.3, 0.4) is 0 Å². The molecule has 4 rings (SSSR count). The predicted octanol–water partition coefficient (Wildman–Crippen LogP) is 1.95. The number of pyridine rings is 2. The van der Waals surface area contributed by atoms with Crippen molar-refractivity contribution >= 4 is 5.65 Å². The van der Waals surface area contributed by atoms with Gasteiger partial charge in [-0.2, -0.15) is 5.26 Å². The van der Waals surface area contributed by atoms with Crippen LogP contribution in [0.15, 0.2) is 60.6 Å². The van der Waals surface area contributed by atoms with Crippen molar-refractivity contribution in [1.82, 2.24) is 14.4 Å². The molecule has 3 aromatic heterocycles. The Bertz CT molecular complexity index is 936. The summed E-state index contributed by atoms with van der Waals surface area (Å²) in [5.41, 5.74) is 8.86. The minimum Gasteiger partial charge on any atom is -0.436 e. The van der Waals surface area contributed by atoms with E-state index < -0.39 is 0 Å². The Morgan fingerprint density at radius 3 is 2.77 bits per heavy atom. The Kier molecular flexibility index (Phi) is 2.60. The lowest BCUT2D eigenvalue weighted by Gasteiger charge is -2.26. The van der Waals surface area contributed by atoms with Crippen LogP contribution in [0.2, 0.25) is 0 Å². The number of aromatic nitrogens is 3. The molecule has 0 aromatic carbocycles. The van der Waals surface area contributed by atoms with E-state index in [2.05, 4.69) is 16.0 Å². The maximum absolute atomic E-state index is 9.49. The summed E-state index contributed by atoms with van der Waals surface area (Å²) < 4.78 is 7.55. The van der Waals surface area contributed by atoms with Gasteiger partial charge in [0.05, 0.1) is 5.92 Å². The van der Waals surface area contributed by atoms with Gasteiger partial charge in [0, 0.05) is 36.5 Å². The number of imidazole rings is 1. The van der Waals surface area contributed by atoms with Crippen LogP contribution in [0.4, 0.5) is 0 Å². The number of hydrogen-bond acceptors (Lipinski definition) is 5. The molecule has 0 fully saturated rings. The molecule has 0 bridgehead atoms. The van der Waals surface area contributed by atoms with Crippen molar-refractivity contribution in [2.45, 2.75) is 5.92 Å². The quantitative estimate of drug-likeness (QED) is 0.739. The summed E-state index contributed by atoms with van der Waals surface area (Å²) >= 11 is 0. The molecule has 0 spiro atoms. The summed E-state index contributed by atoms with van der Waals surface area (Å²) in [6.07, 6.45) is 8.82. The third-order valence-corrected chi connectivity index (χ3v) is 3.79. The third-order valence-electron chi connectivity index (χ3n) is 3.79. The van der Waals surface area contributed by atoms with Crippen molar-refractivity contribution in [3.63, 3.8) is 0 Å². The average molecular weight is 289 g/mol. The fourth-order valence-corrected chi connectivity index (χ4v) is 2.79. The Labute approximate surface area is 126 Å². The van der Waals surface area contributed by atoms with Crippen LogP contribution in [0.5, 0.6) is 5.75 Å². The Hall–Kier alpha value is -3.33. The lowest BCUT2D eigenvalue weighted by Crippen LogP contribution is -2.21. The maximum Gasteiger partial charge on any atom is 0.205 e. The van der Waals surface area contributed by atoms with E-state index in [9.17, 15) is 5.26 Å². The second-order valence-electron chi connectivity index (χ2n) is 4.96. The number of hydrogen-bond donors (Lipinski definition) is 1. The zero-order valence-electron chi connectivity index (χ0n) is 11.5.